The first-order valence-corrected chi connectivity index (χ1v) is 6.70. The highest BCUT2D eigenvalue weighted by atomic mass is 32.1. The molecule has 1 unspecified atom stereocenters. The summed E-state index contributed by atoms with van der Waals surface area (Å²) < 4.78 is 9.57. The third-order valence-electron chi connectivity index (χ3n) is 2.97. The van der Waals surface area contributed by atoms with Crippen molar-refractivity contribution in [2.24, 2.45) is 0 Å². The molecule has 5 nitrogen and oxygen atoms in total. The lowest BCUT2D eigenvalue weighted by Gasteiger charge is -2.13. The van der Waals surface area contributed by atoms with Gasteiger partial charge in [0.2, 0.25) is 0 Å². The first-order chi connectivity index (χ1) is 8.90. The van der Waals surface area contributed by atoms with E-state index in [0.717, 1.165) is 17.1 Å². The number of aromatic carboxylic acids is 1. The number of rotatable bonds is 4. The molecule has 2 aromatic heterocycles. The lowest BCUT2D eigenvalue weighted by Crippen LogP contribution is -2.09. The average molecular weight is 280 g/mol. The Balaban J connectivity index is 2.27. The van der Waals surface area contributed by atoms with Crippen LogP contribution in [0.1, 0.15) is 46.1 Å². The van der Waals surface area contributed by atoms with Crippen molar-refractivity contribution in [3.8, 4) is 0 Å². The van der Waals surface area contributed by atoms with Gasteiger partial charge >= 0.3 is 5.97 Å². The van der Waals surface area contributed by atoms with Crippen molar-refractivity contribution >= 4 is 22.5 Å². The minimum absolute atomic E-state index is 0.0320. The van der Waals surface area contributed by atoms with Gasteiger partial charge in [0.25, 0.3) is 0 Å². The molecule has 0 aromatic carbocycles. The molecule has 2 rings (SSSR count). The summed E-state index contributed by atoms with van der Waals surface area (Å²) in [5, 5.41) is 13.0. The highest BCUT2D eigenvalue weighted by Crippen LogP contribution is 2.30. The smallest absolute Gasteiger partial charge is 0.340 e. The molecule has 102 valence electrons. The van der Waals surface area contributed by atoms with E-state index in [-0.39, 0.29) is 11.6 Å². The molecule has 2 aromatic rings. The highest BCUT2D eigenvalue weighted by Gasteiger charge is 2.20. The van der Waals surface area contributed by atoms with Crippen LogP contribution < -0.4 is 5.32 Å². The van der Waals surface area contributed by atoms with E-state index in [0.29, 0.717) is 10.7 Å². The summed E-state index contributed by atoms with van der Waals surface area (Å²) in [6.07, 6.45) is 0. The summed E-state index contributed by atoms with van der Waals surface area (Å²) in [4.78, 5) is 11.2. The average Bonchev–Trinajstić information content (AvgIpc) is 2.82. The van der Waals surface area contributed by atoms with Gasteiger partial charge in [-0.25, -0.2) is 4.79 Å². The fourth-order valence-corrected chi connectivity index (χ4v) is 2.95. The van der Waals surface area contributed by atoms with Crippen molar-refractivity contribution in [2.75, 3.05) is 5.32 Å². The van der Waals surface area contributed by atoms with Crippen LogP contribution in [0.4, 0.5) is 5.00 Å². The van der Waals surface area contributed by atoms with Crippen LogP contribution in [0.5, 0.6) is 0 Å². The molecule has 1 atom stereocenters. The van der Waals surface area contributed by atoms with Gasteiger partial charge in [-0.3, -0.25) is 0 Å². The number of carboxylic acids is 1. The van der Waals surface area contributed by atoms with Gasteiger partial charge in [0.15, 0.2) is 0 Å². The van der Waals surface area contributed by atoms with Crippen LogP contribution in [0.3, 0.4) is 0 Å². The van der Waals surface area contributed by atoms with Gasteiger partial charge in [-0.05, 0) is 45.3 Å². The Morgan fingerprint density at radius 3 is 2.68 bits per heavy atom. The molecule has 0 aliphatic carbocycles. The minimum Gasteiger partial charge on any atom is -0.478 e. The number of nitrogens with one attached hydrogen (secondary N) is 1. The second-order valence-corrected chi connectivity index (χ2v) is 5.29. The van der Waals surface area contributed by atoms with Crippen molar-refractivity contribution in [3.63, 3.8) is 0 Å². The van der Waals surface area contributed by atoms with Gasteiger partial charge in [-0.2, -0.15) is 4.37 Å². The van der Waals surface area contributed by atoms with E-state index < -0.39 is 5.97 Å². The second kappa shape index (κ2) is 5.05. The largest absolute Gasteiger partial charge is 0.478 e. The number of carboxylic acid groups (broad SMARTS) is 1. The molecule has 2 N–H and O–H groups in total. The van der Waals surface area contributed by atoms with E-state index in [1.54, 1.807) is 6.92 Å². The zero-order valence-electron chi connectivity index (χ0n) is 11.3. The lowest BCUT2D eigenvalue weighted by molar-refractivity contribution is 0.0697. The molecule has 0 saturated heterocycles. The zero-order valence-corrected chi connectivity index (χ0v) is 12.1. The molecule has 19 heavy (non-hydrogen) atoms. The molecule has 6 heteroatoms. The summed E-state index contributed by atoms with van der Waals surface area (Å²) >= 11 is 1.17. The molecule has 0 bridgehead atoms. The van der Waals surface area contributed by atoms with Crippen molar-refractivity contribution in [1.82, 2.24) is 4.37 Å². The third kappa shape index (κ3) is 2.63. The van der Waals surface area contributed by atoms with Crippen molar-refractivity contribution < 1.29 is 14.3 Å². The molecule has 0 amide bonds. The van der Waals surface area contributed by atoms with Crippen LogP contribution in [-0.4, -0.2) is 15.4 Å². The highest BCUT2D eigenvalue weighted by molar-refractivity contribution is 7.10. The van der Waals surface area contributed by atoms with Crippen LogP contribution in [0.25, 0.3) is 0 Å². The number of carbonyl (C=O) groups is 1. The molecule has 0 spiro atoms. The number of hydrogen-bond donors (Lipinski definition) is 2. The Hall–Kier alpha value is -1.82. The van der Waals surface area contributed by atoms with Gasteiger partial charge in [-0.1, -0.05) is 0 Å². The second-order valence-electron chi connectivity index (χ2n) is 4.51. The van der Waals surface area contributed by atoms with Gasteiger partial charge < -0.3 is 14.8 Å². The van der Waals surface area contributed by atoms with Crippen LogP contribution >= 0.6 is 11.5 Å². The fraction of sp³-hybridized carbons (Fsp3) is 0.385. The molecule has 0 fully saturated rings. The van der Waals surface area contributed by atoms with E-state index >= 15 is 0 Å². The topological polar surface area (TPSA) is 75.4 Å². The molecule has 0 aliphatic rings. The monoisotopic (exact) mass is 280 g/mol. The minimum atomic E-state index is -0.957. The SMILES string of the molecule is Cc1cc(C(C)Nc2snc(C)c2C(=O)O)c(C)o1. The number of hydrogen-bond acceptors (Lipinski definition) is 5. The van der Waals surface area contributed by atoms with E-state index in [9.17, 15) is 9.90 Å². The van der Waals surface area contributed by atoms with Gasteiger partial charge in [-0.15, -0.1) is 0 Å². The van der Waals surface area contributed by atoms with Crippen molar-refractivity contribution in [1.29, 1.82) is 0 Å². The summed E-state index contributed by atoms with van der Waals surface area (Å²) in [5.41, 5.74) is 1.81. The number of aromatic nitrogens is 1. The normalized spacial score (nSPS) is 12.4. The molecule has 0 aliphatic heterocycles. The maximum absolute atomic E-state index is 11.2. The number of anilines is 1. The maximum Gasteiger partial charge on any atom is 0.340 e. The lowest BCUT2D eigenvalue weighted by atomic mass is 10.1. The Labute approximate surface area is 115 Å². The zero-order chi connectivity index (χ0) is 14.2. The Morgan fingerprint density at radius 1 is 1.47 bits per heavy atom. The van der Waals surface area contributed by atoms with E-state index in [2.05, 4.69) is 9.69 Å². The number of nitrogens with zero attached hydrogens (tertiary/aromatic N) is 1. The first-order valence-electron chi connectivity index (χ1n) is 5.93. The molecule has 0 radical (unpaired) electrons. The molecule has 2 heterocycles. The maximum atomic E-state index is 11.2. The van der Waals surface area contributed by atoms with E-state index in [1.165, 1.54) is 11.5 Å². The predicted molar refractivity (Wildman–Crippen MR) is 74.0 cm³/mol. The van der Waals surface area contributed by atoms with Crippen LogP contribution in [0.2, 0.25) is 0 Å². The van der Waals surface area contributed by atoms with Gasteiger partial charge in [0.05, 0.1) is 11.7 Å². The molecular formula is C13H16N2O3S. The molecular weight excluding hydrogens is 264 g/mol. The number of aryl methyl sites for hydroxylation is 3. The Morgan fingerprint density at radius 2 is 2.16 bits per heavy atom. The van der Waals surface area contributed by atoms with Crippen LogP contribution in [0.15, 0.2) is 10.5 Å². The molecule has 0 saturated carbocycles. The number of furan rings is 1. The Bertz CT molecular complexity index is 615. The van der Waals surface area contributed by atoms with E-state index in [1.807, 2.05) is 26.8 Å². The predicted octanol–water partition coefficient (Wildman–Crippen LogP) is 3.53. The van der Waals surface area contributed by atoms with Gasteiger partial charge in [0.1, 0.15) is 22.1 Å². The van der Waals surface area contributed by atoms with Crippen molar-refractivity contribution in [3.05, 3.63) is 34.4 Å². The third-order valence-corrected chi connectivity index (χ3v) is 3.84. The Kier molecular flexibility index (Phi) is 3.61. The van der Waals surface area contributed by atoms with Crippen LogP contribution in [-0.2, 0) is 0 Å². The standard InChI is InChI=1S/C13H16N2O3S/c1-6-5-10(9(4)18-6)7(2)14-12-11(13(16)17)8(3)15-19-12/h5,7,14H,1-4H3,(H,16,17). The first kappa shape index (κ1) is 13.6. The quantitative estimate of drug-likeness (QED) is 0.896. The summed E-state index contributed by atoms with van der Waals surface area (Å²) in [6, 6.07) is 1.93. The van der Waals surface area contributed by atoms with E-state index in [4.69, 9.17) is 4.42 Å². The summed E-state index contributed by atoms with van der Waals surface area (Å²) in [7, 11) is 0. The fourth-order valence-electron chi connectivity index (χ4n) is 2.07. The summed E-state index contributed by atoms with van der Waals surface area (Å²) in [6.45, 7) is 7.46. The van der Waals surface area contributed by atoms with Crippen LogP contribution in [0, 0.1) is 20.8 Å². The van der Waals surface area contributed by atoms with Gasteiger partial charge in [0, 0.05) is 5.56 Å². The van der Waals surface area contributed by atoms with Crippen molar-refractivity contribution in [2.45, 2.75) is 33.7 Å². The summed E-state index contributed by atoms with van der Waals surface area (Å²) in [5.74, 6) is 0.733.